The zero-order chi connectivity index (χ0) is 10.2. The van der Waals surface area contributed by atoms with Crippen LogP contribution in [0, 0.1) is 0 Å². The van der Waals surface area contributed by atoms with E-state index in [0.717, 1.165) is 0 Å². The van der Waals surface area contributed by atoms with Crippen LogP contribution in [-0.4, -0.2) is 33.5 Å². The molecule has 0 saturated heterocycles. The summed E-state index contributed by atoms with van der Waals surface area (Å²) in [5.74, 6) is 0.153. The molecule has 1 N–H and O–H groups in total. The molecule has 0 unspecified atom stereocenters. The standard InChI is InChI=1S/C9H15NO3/c1-9(2,3)10(8(12)13)6-4-7(11)5-6/h6H,4-5H2,1-3H3,(H,12,13). The Balaban J connectivity index is 2.70. The monoisotopic (exact) mass is 185 g/mol. The van der Waals surface area contributed by atoms with E-state index in [4.69, 9.17) is 5.11 Å². The Morgan fingerprint density at radius 3 is 2.15 bits per heavy atom. The van der Waals surface area contributed by atoms with Gasteiger partial charge in [-0.3, -0.25) is 9.69 Å². The molecule has 0 aliphatic heterocycles. The summed E-state index contributed by atoms with van der Waals surface area (Å²) in [5, 5.41) is 8.95. The summed E-state index contributed by atoms with van der Waals surface area (Å²) in [5.41, 5.74) is -0.419. The highest BCUT2D eigenvalue weighted by molar-refractivity contribution is 5.87. The second kappa shape index (κ2) is 3.01. The topological polar surface area (TPSA) is 57.6 Å². The molecule has 1 rings (SSSR count). The van der Waals surface area contributed by atoms with Gasteiger partial charge in [-0.25, -0.2) is 4.79 Å². The molecule has 1 fully saturated rings. The van der Waals surface area contributed by atoms with Crippen LogP contribution < -0.4 is 0 Å². The Morgan fingerprint density at radius 2 is 1.92 bits per heavy atom. The van der Waals surface area contributed by atoms with E-state index in [9.17, 15) is 9.59 Å². The number of nitrogens with zero attached hydrogens (tertiary/aromatic N) is 1. The molecule has 0 aromatic carbocycles. The van der Waals surface area contributed by atoms with Crippen molar-refractivity contribution in [3.05, 3.63) is 0 Å². The predicted molar refractivity (Wildman–Crippen MR) is 47.6 cm³/mol. The van der Waals surface area contributed by atoms with E-state index < -0.39 is 11.6 Å². The summed E-state index contributed by atoms with van der Waals surface area (Å²) in [7, 11) is 0. The van der Waals surface area contributed by atoms with Crippen LogP contribution in [0.25, 0.3) is 0 Å². The quantitative estimate of drug-likeness (QED) is 0.673. The van der Waals surface area contributed by atoms with Crippen LogP contribution in [0.1, 0.15) is 33.6 Å². The number of ketones is 1. The molecule has 0 radical (unpaired) electrons. The molecule has 13 heavy (non-hydrogen) atoms. The zero-order valence-electron chi connectivity index (χ0n) is 8.20. The minimum absolute atomic E-state index is 0.106. The molecular formula is C9H15NO3. The van der Waals surface area contributed by atoms with Crippen LogP contribution in [-0.2, 0) is 4.79 Å². The van der Waals surface area contributed by atoms with Gasteiger partial charge in [-0.15, -0.1) is 0 Å². The normalized spacial score (nSPS) is 18.2. The Bertz CT molecular complexity index is 234. The van der Waals surface area contributed by atoms with Crippen LogP contribution in [0.15, 0.2) is 0 Å². The molecular weight excluding hydrogens is 170 g/mol. The first-order chi connectivity index (χ1) is 5.82. The average Bonchev–Trinajstić information content (AvgIpc) is 1.79. The molecule has 1 saturated carbocycles. The van der Waals surface area contributed by atoms with Crippen molar-refractivity contribution < 1.29 is 14.7 Å². The summed E-state index contributed by atoms with van der Waals surface area (Å²) in [6.45, 7) is 5.51. The van der Waals surface area contributed by atoms with Gasteiger partial charge in [0.2, 0.25) is 0 Å². The summed E-state index contributed by atoms with van der Waals surface area (Å²) in [6, 6.07) is -0.106. The second-order valence-corrected chi connectivity index (χ2v) is 4.42. The Morgan fingerprint density at radius 1 is 1.46 bits per heavy atom. The third-order valence-electron chi connectivity index (χ3n) is 2.22. The van der Waals surface area contributed by atoms with Crippen molar-refractivity contribution in [1.29, 1.82) is 0 Å². The number of carbonyl (C=O) groups is 2. The van der Waals surface area contributed by atoms with Crippen molar-refractivity contribution in [3.63, 3.8) is 0 Å². The molecule has 0 atom stereocenters. The molecule has 1 aliphatic carbocycles. The van der Waals surface area contributed by atoms with Gasteiger partial charge in [0.05, 0.1) is 0 Å². The molecule has 0 aromatic rings. The van der Waals surface area contributed by atoms with Crippen LogP contribution in [0.3, 0.4) is 0 Å². The van der Waals surface area contributed by atoms with E-state index in [0.29, 0.717) is 12.8 Å². The molecule has 4 heteroatoms. The van der Waals surface area contributed by atoms with Crippen LogP contribution >= 0.6 is 0 Å². The van der Waals surface area contributed by atoms with Gasteiger partial charge in [0.15, 0.2) is 0 Å². The van der Waals surface area contributed by atoms with E-state index in [1.807, 2.05) is 20.8 Å². The minimum atomic E-state index is -0.940. The van der Waals surface area contributed by atoms with E-state index in [1.54, 1.807) is 0 Å². The van der Waals surface area contributed by atoms with Gasteiger partial charge in [0, 0.05) is 24.4 Å². The number of carbonyl (C=O) groups excluding carboxylic acids is 1. The zero-order valence-corrected chi connectivity index (χ0v) is 8.20. The van der Waals surface area contributed by atoms with Gasteiger partial charge in [-0.05, 0) is 20.8 Å². The second-order valence-electron chi connectivity index (χ2n) is 4.42. The fourth-order valence-electron chi connectivity index (χ4n) is 1.64. The smallest absolute Gasteiger partial charge is 0.408 e. The van der Waals surface area contributed by atoms with Crippen molar-refractivity contribution in [2.24, 2.45) is 0 Å². The fraction of sp³-hybridized carbons (Fsp3) is 0.778. The van der Waals surface area contributed by atoms with E-state index >= 15 is 0 Å². The molecule has 0 spiro atoms. The van der Waals surface area contributed by atoms with E-state index in [-0.39, 0.29) is 11.8 Å². The van der Waals surface area contributed by atoms with Crippen molar-refractivity contribution in [1.82, 2.24) is 4.90 Å². The maximum Gasteiger partial charge on any atom is 0.408 e. The first-order valence-electron chi connectivity index (χ1n) is 4.36. The summed E-state index contributed by atoms with van der Waals surface area (Å²) in [4.78, 5) is 23.0. The average molecular weight is 185 g/mol. The maximum atomic E-state index is 10.9. The van der Waals surface area contributed by atoms with Gasteiger partial charge in [-0.2, -0.15) is 0 Å². The molecule has 0 aromatic heterocycles. The number of carboxylic acid groups (broad SMARTS) is 1. The molecule has 1 aliphatic rings. The van der Waals surface area contributed by atoms with Gasteiger partial charge >= 0.3 is 6.09 Å². The lowest BCUT2D eigenvalue weighted by Crippen LogP contribution is -2.56. The number of Topliss-reactive ketones (excluding diaryl/α,β-unsaturated/α-hetero) is 1. The largest absolute Gasteiger partial charge is 0.465 e. The third kappa shape index (κ3) is 1.99. The van der Waals surface area contributed by atoms with Gasteiger partial charge < -0.3 is 5.11 Å². The van der Waals surface area contributed by atoms with Crippen molar-refractivity contribution in [3.8, 4) is 0 Å². The van der Waals surface area contributed by atoms with Crippen molar-refractivity contribution in [2.75, 3.05) is 0 Å². The Kier molecular flexibility index (Phi) is 2.32. The number of hydrogen-bond acceptors (Lipinski definition) is 2. The first-order valence-corrected chi connectivity index (χ1v) is 4.36. The highest BCUT2D eigenvalue weighted by Gasteiger charge is 2.40. The van der Waals surface area contributed by atoms with Crippen LogP contribution in [0.4, 0.5) is 4.79 Å². The third-order valence-corrected chi connectivity index (χ3v) is 2.22. The Labute approximate surface area is 77.5 Å². The van der Waals surface area contributed by atoms with E-state index in [1.165, 1.54) is 4.90 Å². The molecule has 1 amide bonds. The van der Waals surface area contributed by atoms with Gasteiger partial charge in [-0.1, -0.05) is 0 Å². The molecule has 4 nitrogen and oxygen atoms in total. The molecule has 0 heterocycles. The highest BCUT2D eigenvalue weighted by Crippen LogP contribution is 2.28. The lowest BCUT2D eigenvalue weighted by molar-refractivity contribution is -0.128. The highest BCUT2D eigenvalue weighted by atomic mass is 16.4. The fourth-order valence-corrected chi connectivity index (χ4v) is 1.64. The minimum Gasteiger partial charge on any atom is -0.465 e. The Hall–Kier alpha value is -1.06. The SMILES string of the molecule is CC(C)(C)N(C(=O)O)C1CC(=O)C1. The summed E-state index contributed by atoms with van der Waals surface area (Å²) in [6.07, 6.45) is -0.183. The lowest BCUT2D eigenvalue weighted by Gasteiger charge is -2.42. The van der Waals surface area contributed by atoms with Gasteiger partial charge in [0.25, 0.3) is 0 Å². The number of amides is 1. The van der Waals surface area contributed by atoms with E-state index in [2.05, 4.69) is 0 Å². The van der Waals surface area contributed by atoms with Crippen molar-refractivity contribution >= 4 is 11.9 Å². The summed E-state index contributed by atoms with van der Waals surface area (Å²) >= 11 is 0. The first kappa shape index (κ1) is 10.0. The number of rotatable bonds is 1. The summed E-state index contributed by atoms with van der Waals surface area (Å²) < 4.78 is 0. The predicted octanol–water partition coefficient (Wildman–Crippen LogP) is 1.50. The molecule has 74 valence electrons. The van der Waals surface area contributed by atoms with Gasteiger partial charge in [0.1, 0.15) is 5.78 Å². The maximum absolute atomic E-state index is 10.9. The van der Waals surface area contributed by atoms with Crippen LogP contribution in [0.5, 0.6) is 0 Å². The lowest BCUT2D eigenvalue weighted by atomic mass is 9.87. The van der Waals surface area contributed by atoms with Crippen LogP contribution in [0.2, 0.25) is 0 Å². The molecule has 0 bridgehead atoms. The number of hydrogen-bond donors (Lipinski definition) is 1. The van der Waals surface area contributed by atoms with Crippen molar-refractivity contribution in [2.45, 2.75) is 45.2 Å².